The predicted octanol–water partition coefficient (Wildman–Crippen LogP) is -0.579. The van der Waals surface area contributed by atoms with E-state index in [1.165, 1.54) is 0 Å². The zero-order chi connectivity index (χ0) is 17.9. The van der Waals surface area contributed by atoms with Crippen molar-refractivity contribution in [1.29, 1.82) is 0 Å². The highest BCUT2D eigenvalue weighted by atomic mass is 16.2. The maximum atomic E-state index is 12.5. The van der Waals surface area contributed by atoms with E-state index in [1.807, 2.05) is 9.80 Å². The Morgan fingerprint density at radius 1 is 0.917 bits per heavy atom. The molecular weight excluding hydrogens is 306 g/mol. The first-order valence-electron chi connectivity index (χ1n) is 9.01. The van der Waals surface area contributed by atoms with Crippen LogP contribution in [0.15, 0.2) is 0 Å². The van der Waals surface area contributed by atoms with E-state index in [2.05, 4.69) is 23.6 Å². The summed E-state index contributed by atoms with van der Waals surface area (Å²) < 4.78 is 0. The average molecular weight is 339 g/mol. The standard InChI is InChI=1S/C17H33N5O2/c1-14(2)20-9-11-21(12-10-20)15(23)13-19-5-7-22(8-6-19)16(24)17(3,4)18/h14H,5-13,18H2,1-4H3. The summed E-state index contributed by atoms with van der Waals surface area (Å²) in [6, 6.07) is 0.541. The largest absolute Gasteiger partial charge is 0.339 e. The molecule has 0 aromatic carbocycles. The number of rotatable bonds is 4. The van der Waals surface area contributed by atoms with E-state index >= 15 is 0 Å². The molecule has 0 atom stereocenters. The molecule has 2 N–H and O–H groups in total. The molecule has 0 aromatic rings. The second kappa shape index (κ2) is 7.80. The summed E-state index contributed by atoms with van der Waals surface area (Å²) >= 11 is 0. The molecule has 0 aliphatic carbocycles. The van der Waals surface area contributed by atoms with Crippen molar-refractivity contribution < 1.29 is 9.59 Å². The minimum Gasteiger partial charge on any atom is -0.339 e. The van der Waals surface area contributed by atoms with Gasteiger partial charge >= 0.3 is 0 Å². The van der Waals surface area contributed by atoms with E-state index in [9.17, 15) is 9.59 Å². The predicted molar refractivity (Wildman–Crippen MR) is 94.6 cm³/mol. The van der Waals surface area contributed by atoms with Gasteiger partial charge in [-0.2, -0.15) is 0 Å². The maximum absolute atomic E-state index is 12.5. The molecule has 0 radical (unpaired) electrons. The van der Waals surface area contributed by atoms with Gasteiger partial charge in [0.2, 0.25) is 11.8 Å². The Balaban J connectivity index is 1.74. The molecule has 2 aliphatic heterocycles. The first-order chi connectivity index (χ1) is 11.2. The van der Waals surface area contributed by atoms with Crippen LogP contribution in [0.5, 0.6) is 0 Å². The molecule has 0 saturated carbocycles. The third-order valence-electron chi connectivity index (χ3n) is 4.97. The summed E-state index contributed by atoms with van der Waals surface area (Å²) in [5, 5.41) is 0. The van der Waals surface area contributed by atoms with Crippen LogP contribution < -0.4 is 5.73 Å². The molecule has 7 heteroatoms. The Kier molecular flexibility index (Phi) is 6.22. The van der Waals surface area contributed by atoms with Crippen molar-refractivity contribution in [2.45, 2.75) is 39.3 Å². The third kappa shape index (κ3) is 4.91. The van der Waals surface area contributed by atoms with Gasteiger partial charge in [0.25, 0.3) is 0 Å². The summed E-state index contributed by atoms with van der Waals surface area (Å²) in [6.45, 7) is 14.6. The molecular formula is C17H33N5O2. The van der Waals surface area contributed by atoms with Gasteiger partial charge in [0.15, 0.2) is 0 Å². The summed E-state index contributed by atoms with van der Waals surface area (Å²) in [5.74, 6) is 0.190. The van der Waals surface area contributed by atoms with Gasteiger partial charge in [-0.25, -0.2) is 0 Å². The van der Waals surface area contributed by atoms with E-state index < -0.39 is 5.54 Å². The van der Waals surface area contributed by atoms with Crippen molar-refractivity contribution in [3.8, 4) is 0 Å². The molecule has 0 aromatic heterocycles. The smallest absolute Gasteiger partial charge is 0.242 e. The van der Waals surface area contributed by atoms with Gasteiger partial charge in [-0.3, -0.25) is 19.4 Å². The lowest BCUT2D eigenvalue weighted by molar-refractivity contribution is -0.139. The molecule has 2 amide bonds. The molecule has 24 heavy (non-hydrogen) atoms. The second-order valence-electron chi connectivity index (χ2n) is 7.80. The molecule has 0 unspecified atom stereocenters. The van der Waals surface area contributed by atoms with E-state index in [4.69, 9.17) is 5.73 Å². The second-order valence-corrected chi connectivity index (χ2v) is 7.80. The highest BCUT2D eigenvalue weighted by Gasteiger charge is 2.31. The molecule has 2 saturated heterocycles. The van der Waals surface area contributed by atoms with Crippen molar-refractivity contribution in [2.75, 3.05) is 58.9 Å². The number of carbonyl (C=O) groups is 2. The van der Waals surface area contributed by atoms with Crippen molar-refractivity contribution >= 4 is 11.8 Å². The van der Waals surface area contributed by atoms with Crippen LogP contribution in [-0.2, 0) is 9.59 Å². The summed E-state index contributed by atoms with van der Waals surface area (Å²) in [4.78, 5) is 33.0. The van der Waals surface area contributed by atoms with Crippen LogP contribution in [0.3, 0.4) is 0 Å². The van der Waals surface area contributed by atoms with Crippen LogP contribution in [0.1, 0.15) is 27.7 Å². The number of piperazine rings is 2. The molecule has 7 nitrogen and oxygen atoms in total. The van der Waals surface area contributed by atoms with Gasteiger partial charge in [-0.1, -0.05) is 0 Å². The fourth-order valence-electron chi connectivity index (χ4n) is 3.30. The minimum absolute atomic E-state index is 0.0155. The van der Waals surface area contributed by atoms with Crippen molar-refractivity contribution in [2.24, 2.45) is 5.73 Å². The van der Waals surface area contributed by atoms with Crippen LogP contribution in [-0.4, -0.2) is 102 Å². The number of amides is 2. The van der Waals surface area contributed by atoms with Crippen molar-refractivity contribution in [3.63, 3.8) is 0 Å². The lowest BCUT2D eigenvalue weighted by Crippen LogP contribution is -2.58. The first kappa shape index (κ1) is 19.1. The first-order valence-corrected chi connectivity index (χ1v) is 9.01. The van der Waals surface area contributed by atoms with Crippen LogP contribution in [0, 0.1) is 0 Å². The number of carbonyl (C=O) groups excluding carboxylic acids is 2. The third-order valence-corrected chi connectivity index (χ3v) is 4.97. The summed E-state index contributed by atoms with van der Waals surface area (Å²) in [7, 11) is 0. The van der Waals surface area contributed by atoms with Gasteiger partial charge in [0, 0.05) is 58.4 Å². The average Bonchev–Trinajstić information content (AvgIpc) is 2.54. The normalized spacial score (nSPS) is 21.4. The lowest BCUT2D eigenvalue weighted by atomic mass is 10.0. The summed E-state index contributed by atoms with van der Waals surface area (Å²) in [5.41, 5.74) is 5.06. The highest BCUT2D eigenvalue weighted by molar-refractivity contribution is 5.85. The summed E-state index contributed by atoms with van der Waals surface area (Å²) in [6.07, 6.45) is 0. The fraction of sp³-hybridized carbons (Fsp3) is 0.882. The van der Waals surface area contributed by atoms with E-state index in [0.29, 0.717) is 25.7 Å². The van der Waals surface area contributed by atoms with E-state index in [-0.39, 0.29) is 11.8 Å². The van der Waals surface area contributed by atoms with Crippen LogP contribution in [0.25, 0.3) is 0 Å². The van der Waals surface area contributed by atoms with Crippen molar-refractivity contribution in [1.82, 2.24) is 19.6 Å². The topological polar surface area (TPSA) is 73.1 Å². The van der Waals surface area contributed by atoms with Gasteiger partial charge in [0.1, 0.15) is 0 Å². The quantitative estimate of drug-likeness (QED) is 0.742. The van der Waals surface area contributed by atoms with Gasteiger partial charge in [-0.05, 0) is 27.7 Å². The molecule has 2 fully saturated rings. The molecule has 2 heterocycles. The molecule has 138 valence electrons. The van der Waals surface area contributed by atoms with E-state index in [1.54, 1.807) is 13.8 Å². The number of nitrogens with zero attached hydrogens (tertiary/aromatic N) is 4. The Morgan fingerprint density at radius 3 is 1.88 bits per heavy atom. The number of hydrogen-bond acceptors (Lipinski definition) is 5. The monoisotopic (exact) mass is 339 g/mol. The molecule has 0 bridgehead atoms. The van der Waals surface area contributed by atoms with Crippen molar-refractivity contribution in [3.05, 3.63) is 0 Å². The minimum atomic E-state index is -0.825. The van der Waals surface area contributed by atoms with Crippen LogP contribution >= 0.6 is 0 Å². The number of nitrogens with two attached hydrogens (primary N) is 1. The zero-order valence-electron chi connectivity index (χ0n) is 15.6. The van der Waals surface area contributed by atoms with Gasteiger partial charge in [0.05, 0.1) is 12.1 Å². The van der Waals surface area contributed by atoms with Gasteiger partial charge in [-0.15, -0.1) is 0 Å². The van der Waals surface area contributed by atoms with Crippen LogP contribution in [0.4, 0.5) is 0 Å². The molecule has 0 spiro atoms. The van der Waals surface area contributed by atoms with Crippen LogP contribution in [0.2, 0.25) is 0 Å². The maximum Gasteiger partial charge on any atom is 0.242 e. The number of hydrogen-bond donors (Lipinski definition) is 1. The Labute approximate surface area is 145 Å². The fourth-order valence-corrected chi connectivity index (χ4v) is 3.30. The molecule has 2 aliphatic rings. The Morgan fingerprint density at radius 2 is 1.42 bits per heavy atom. The SMILES string of the molecule is CC(C)N1CCN(C(=O)CN2CCN(C(=O)C(C)(C)N)CC2)CC1. The Hall–Kier alpha value is -1.18. The highest BCUT2D eigenvalue weighted by Crippen LogP contribution is 2.10. The molecule has 2 rings (SSSR count). The lowest BCUT2D eigenvalue weighted by Gasteiger charge is -2.40. The Bertz CT molecular complexity index is 444. The van der Waals surface area contributed by atoms with E-state index in [0.717, 1.165) is 39.3 Å². The zero-order valence-corrected chi connectivity index (χ0v) is 15.6. The van der Waals surface area contributed by atoms with Gasteiger partial charge < -0.3 is 15.5 Å².